The van der Waals surface area contributed by atoms with Gasteiger partial charge in [0.05, 0.1) is 18.7 Å². The topological polar surface area (TPSA) is 37.4 Å². The number of amides is 1. The average molecular weight is 495 g/mol. The summed E-state index contributed by atoms with van der Waals surface area (Å²) in [6, 6.07) is 12.2. The average Bonchev–Trinajstić information content (AvgIpc) is 2.82. The summed E-state index contributed by atoms with van der Waals surface area (Å²) in [5.74, 6) is 3.20. The van der Waals surface area contributed by atoms with Crippen molar-refractivity contribution < 1.29 is 9.59 Å². The van der Waals surface area contributed by atoms with E-state index in [0.717, 1.165) is 35.1 Å². The SMILES string of the molecule is CCc1cc(CN2C(=O)CC(C=O)=C(Br)c3ccc(C#C[Si](C)(C)C)cc32)ccc1C. The van der Waals surface area contributed by atoms with Gasteiger partial charge < -0.3 is 4.90 Å². The molecular weight excluding hydrogens is 466 g/mol. The molecule has 0 saturated heterocycles. The molecule has 1 aliphatic rings. The van der Waals surface area contributed by atoms with Gasteiger partial charge in [0.1, 0.15) is 14.4 Å². The van der Waals surface area contributed by atoms with E-state index in [1.165, 1.54) is 11.1 Å². The highest BCUT2D eigenvalue weighted by Gasteiger charge is 2.27. The molecule has 0 spiro atoms. The van der Waals surface area contributed by atoms with E-state index in [1.54, 1.807) is 4.90 Å². The molecule has 1 amide bonds. The Kier molecular flexibility index (Phi) is 7.03. The Hall–Kier alpha value is -2.42. The van der Waals surface area contributed by atoms with Crippen LogP contribution in [0, 0.1) is 18.4 Å². The summed E-state index contributed by atoms with van der Waals surface area (Å²) in [4.78, 5) is 26.7. The van der Waals surface area contributed by atoms with E-state index in [9.17, 15) is 9.59 Å². The van der Waals surface area contributed by atoms with Gasteiger partial charge in [-0.15, -0.1) is 5.54 Å². The molecule has 1 heterocycles. The second kappa shape index (κ2) is 9.38. The standard InChI is InChI=1S/C26H28BrNO2Si/c1-6-21-13-20(8-7-18(21)2)16-28-24-14-19(11-12-31(3,4)5)9-10-23(24)26(27)22(17-29)15-25(28)30/h7-10,13-14,17H,6,15-16H2,1-5H3. The van der Waals surface area contributed by atoms with Crippen LogP contribution < -0.4 is 4.90 Å². The third kappa shape index (κ3) is 5.44. The van der Waals surface area contributed by atoms with Crippen molar-refractivity contribution in [2.24, 2.45) is 0 Å². The fourth-order valence-corrected chi connectivity index (χ4v) is 4.66. The molecule has 0 saturated carbocycles. The molecule has 2 aromatic rings. The molecule has 3 rings (SSSR count). The first-order chi connectivity index (χ1) is 14.6. The lowest BCUT2D eigenvalue weighted by atomic mass is 10.0. The molecule has 160 valence electrons. The van der Waals surface area contributed by atoms with Crippen LogP contribution in [0.2, 0.25) is 19.6 Å². The Balaban J connectivity index is 2.12. The lowest BCUT2D eigenvalue weighted by Crippen LogP contribution is -2.30. The third-order valence-electron chi connectivity index (χ3n) is 5.31. The maximum atomic E-state index is 13.2. The number of carbonyl (C=O) groups excluding carboxylic acids is 2. The van der Waals surface area contributed by atoms with Gasteiger partial charge in [0.15, 0.2) is 0 Å². The number of halogens is 1. The summed E-state index contributed by atoms with van der Waals surface area (Å²) < 4.78 is 0.677. The maximum Gasteiger partial charge on any atom is 0.231 e. The first-order valence-electron chi connectivity index (χ1n) is 10.5. The van der Waals surface area contributed by atoms with E-state index in [2.05, 4.69) is 79.1 Å². The summed E-state index contributed by atoms with van der Waals surface area (Å²) >= 11 is 3.57. The van der Waals surface area contributed by atoms with Crippen LogP contribution >= 0.6 is 15.9 Å². The lowest BCUT2D eigenvalue weighted by molar-refractivity contribution is -0.118. The number of carbonyl (C=O) groups is 2. The van der Waals surface area contributed by atoms with Crippen LogP contribution in [0.15, 0.2) is 42.0 Å². The molecule has 31 heavy (non-hydrogen) atoms. The monoisotopic (exact) mass is 493 g/mol. The Labute approximate surface area is 194 Å². The van der Waals surface area contributed by atoms with Gasteiger partial charge in [0, 0.05) is 21.2 Å². The molecule has 0 aliphatic carbocycles. The van der Waals surface area contributed by atoms with E-state index in [-0.39, 0.29) is 12.3 Å². The molecule has 0 fully saturated rings. The molecule has 5 heteroatoms. The van der Waals surface area contributed by atoms with Gasteiger partial charge in [-0.2, -0.15) is 0 Å². The van der Waals surface area contributed by atoms with Crippen LogP contribution in [0.3, 0.4) is 0 Å². The van der Waals surface area contributed by atoms with Crippen molar-refractivity contribution in [3.63, 3.8) is 0 Å². The Bertz CT molecular complexity index is 1130. The lowest BCUT2D eigenvalue weighted by Gasteiger charge is -2.24. The molecule has 0 bridgehead atoms. The molecule has 3 nitrogen and oxygen atoms in total. The van der Waals surface area contributed by atoms with E-state index in [1.807, 2.05) is 18.2 Å². The van der Waals surface area contributed by atoms with Crippen LogP contribution in [0.1, 0.15) is 41.2 Å². The second-order valence-electron chi connectivity index (χ2n) is 8.96. The van der Waals surface area contributed by atoms with Gasteiger partial charge in [-0.25, -0.2) is 0 Å². The summed E-state index contributed by atoms with van der Waals surface area (Å²) in [7, 11) is -1.53. The number of benzene rings is 2. The van der Waals surface area contributed by atoms with E-state index >= 15 is 0 Å². The fourth-order valence-electron chi connectivity index (χ4n) is 3.57. The molecule has 0 N–H and O–H groups in total. The van der Waals surface area contributed by atoms with Crippen molar-refractivity contribution in [2.75, 3.05) is 4.90 Å². The highest BCUT2D eigenvalue weighted by molar-refractivity contribution is 9.15. The predicted molar refractivity (Wildman–Crippen MR) is 135 cm³/mol. The van der Waals surface area contributed by atoms with Crippen LogP contribution in [0.5, 0.6) is 0 Å². The fraction of sp³-hybridized carbons (Fsp3) is 0.308. The number of aryl methyl sites for hydroxylation is 2. The normalized spacial score (nSPS) is 14.0. The van der Waals surface area contributed by atoms with E-state index in [0.29, 0.717) is 16.6 Å². The van der Waals surface area contributed by atoms with Crippen molar-refractivity contribution in [2.45, 2.75) is 52.9 Å². The van der Waals surface area contributed by atoms with Crippen molar-refractivity contribution in [1.82, 2.24) is 0 Å². The molecule has 0 radical (unpaired) electrons. The van der Waals surface area contributed by atoms with Gasteiger partial charge >= 0.3 is 0 Å². The third-order valence-corrected chi connectivity index (χ3v) is 7.12. The summed E-state index contributed by atoms with van der Waals surface area (Å²) in [6.07, 6.45) is 1.79. The number of rotatable bonds is 4. The minimum Gasteiger partial charge on any atom is -0.307 e. The number of fused-ring (bicyclic) bond motifs is 1. The van der Waals surface area contributed by atoms with Gasteiger partial charge in [0.2, 0.25) is 5.91 Å². The van der Waals surface area contributed by atoms with Crippen molar-refractivity contribution in [1.29, 1.82) is 0 Å². The van der Waals surface area contributed by atoms with E-state index < -0.39 is 8.07 Å². The Morgan fingerprint density at radius 2 is 1.90 bits per heavy atom. The van der Waals surface area contributed by atoms with Crippen LogP contribution in [-0.4, -0.2) is 20.3 Å². The molecule has 0 unspecified atom stereocenters. The quantitative estimate of drug-likeness (QED) is 0.296. The van der Waals surface area contributed by atoms with Gasteiger partial charge in [-0.3, -0.25) is 9.59 Å². The Morgan fingerprint density at radius 1 is 1.16 bits per heavy atom. The minimum absolute atomic E-state index is 0.0706. The Morgan fingerprint density at radius 3 is 2.55 bits per heavy atom. The number of aldehydes is 1. The molecule has 1 aliphatic heterocycles. The highest BCUT2D eigenvalue weighted by Crippen LogP contribution is 2.38. The zero-order chi connectivity index (χ0) is 22.8. The zero-order valence-electron chi connectivity index (χ0n) is 18.8. The number of hydrogen-bond donors (Lipinski definition) is 0. The summed E-state index contributed by atoms with van der Waals surface area (Å²) in [6.45, 7) is 11.3. The zero-order valence-corrected chi connectivity index (χ0v) is 21.4. The van der Waals surface area contributed by atoms with Crippen molar-refractivity contribution in [3.05, 3.63) is 69.8 Å². The van der Waals surface area contributed by atoms with Crippen LogP contribution in [0.25, 0.3) is 4.48 Å². The van der Waals surface area contributed by atoms with Crippen LogP contribution in [0.4, 0.5) is 5.69 Å². The second-order valence-corrected chi connectivity index (χ2v) is 14.5. The van der Waals surface area contributed by atoms with Crippen molar-refractivity contribution >= 4 is 46.4 Å². The van der Waals surface area contributed by atoms with E-state index in [4.69, 9.17) is 0 Å². The summed E-state index contributed by atoms with van der Waals surface area (Å²) in [5, 5.41) is 0. The first kappa shape index (κ1) is 23.2. The van der Waals surface area contributed by atoms with Crippen molar-refractivity contribution in [3.8, 4) is 11.5 Å². The number of anilines is 1. The van der Waals surface area contributed by atoms with Crippen LogP contribution in [-0.2, 0) is 22.6 Å². The maximum absolute atomic E-state index is 13.2. The summed E-state index contributed by atoms with van der Waals surface area (Å²) in [5.41, 5.74) is 9.98. The molecule has 0 aromatic heterocycles. The highest BCUT2D eigenvalue weighted by atomic mass is 79.9. The molecular formula is C26H28BrNO2Si. The van der Waals surface area contributed by atoms with Gasteiger partial charge in [-0.1, -0.05) is 56.8 Å². The smallest absolute Gasteiger partial charge is 0.231 e. The predicted octanol–water partition coefficient (Wildman–Crippen LogP) is 6.03. The largest absolute Gasteiger partial charge is 0.307 e. The molecule has 0 atom stereocenters. The minimum atomic E-state index is -1.53. The molecule has 2 aromatic carbocycles. The van der Waals surface area contributed by atoms with Gasteiger partial charge in [-0.05, 0) is 58.1 Å². The number of hydrogen-bond acceptors (Lipinski definition) is 2. The number of nitrogens with zero attached hydrogens (tertiary/aromatic N) is 1. The first-order valence-corrected chi connectivity index (χ1v) is 14.8. The van der Waals surface area contributed by atoms with Gasteiger partial charge in [0.25, 0.3) is 0 Å².